The second-order valence-corrected chi connectivity index (χ2v) is 4.18. The normalized spacial score (nSPS) is 11.1. The molecule has 90 valence electrons. The topological polar surface area (TPSA) is 21.3 Å². The summed E-state index contributed by atoms with van der Waals surface area (Å²) in [5.41, 5.74) is 1.90. The molecule has 0 unspecified atom stereocenters. The highest BCUT2D eigenvalue weighted by Crippen LogP contribution is 2.17. The summed E-state index contributed by atoms with van der Waals surface area (Å²) in [6, 6.07) is 5.32. The van der Waals surface area contributed by atoms with Crippen LogP contribution in [-0.4, -0.2) is 20.3 Å². The number of hydrogen-bond donors (Lipinski definition) is 1. The molecular weight excluding hydrogens is 205 g/mol. The van der Waals surface area contributed by atoms with Crippen molar-refractivity contribution in [2.24, 2.45) is 0 Å². The van der Waals surface area contributed by atoms with Crippen molar-refractivity contribution in [1.82, 2.24) is 5.32 Å². The lowest BCUT2D eigenvalue weighted by atomic mass is 10.0. The number of halogens is 1. The summed E-state index contributed by atoms with van der Waals surface area (Å²) in [7, 11) is 1.65. The molecule has 0 aliphatic rings. The van der Waals surface area contributed by atoms with Gasteiger partial charge in [0.25, 0.3) is 0 Å². The highest BCUT2D eigenvalue weighted by Gasteiger charge is 2.05. The van der Waals surface area contributed by atoms with Crippen LogP contribution in [0.15, 0.2) is 18.2 Å². The Hall–Kier alpha value is -0.930. The zero-order valence-corrected chi connectivity index (χ0v) is 10.2. The average molecular weight is 225 g/mol. The van der Waals surface area contributed by atoms with Crippen molar-refractivity contribution in [3.05, 3.63) is 35.1 Å². The molecule has 0 saturated carbocycles. The standard InChI is InChI=1S/C13H20FNO/c1-10(2)11-4-5-13(14)12(8-11)9-15-6-7-16-3/h4-5,8,10,15H,6-7,9H2,1-3H3. The lowest BCUT2D eigenvalue weighted by Crippen LogP contribution is -2.19. The molecule has 0 atom stereocenters. The van der Waals surface area contributed by atoms with E-state index in [0.29, 0.717) is 19.1 Å². The third-order valence-corrected chi connectivity index (χ3v) is 2.53. The minimum absolute atomic E-state index is 0.144. The van der Waals surface area contributed by atoms with Crippen LogP contribution in [0.25, 0.3) is 0 Å². The van der Waals surface area contributed by atoms with Gasteiger partial charge in [-0.1, -0.05) is 26.0 Å². The lowest BCUT2D eigenvalue weighted by molar-refractivity contribution is 0.199. The van der Waals surface area contributed by atoms with E-state index < -0.39 is 0 Å². The summed E-state index contributed by atoms with van der Waals surface area (Å²) in [4.78, 5) is 0. The summed E-state index contributed by atoms with van der Waals surface area (Å²) in [5.74, 6) is 0.285. The first kappa shape index (κ1) is 13.1. The predicted octanol–water partition coefficient (Wildman–Crippen LogP) is 2.69. The maximum Gasteiger partial charge on any atom is 0.127 e. The van der Waals surface area contributed by atoms with Gasteiger partial charge in [0.2, 0.25) is 0 Å². The minimum Gasteiger partial charge on any atom is -0.383 e. The number of benzene rings is 1. The molecule has 0 aliphatic heterocycles. The van der Waals surface area contributed by atoms with Gasteiger partial charge < -0.3 is 10.1 Å². The molecule has 0 amide bonds. The van der Waals surface area contributed by atoms with Crippen molar-refractivity contribution in [3.8, 4) is 0 Å². The predicted molar refractivity (Wildman–Crippen MR) is 64.1 cm³/mol. The number of ether oxygens (including phenoxy) is 1. The summed E-state index contributed by atoms with van der Waals surface area (Å²) in [5, 5.41) is 3.14. The molecule has 2 nitrogen and oxygen atoms in total. The van der Waals surface area contributed by atoms with Crippen molar-refractivity contribution in [2.75, 3.05) is 20.3 Å². The van der Waals surface area contributed by atoms with Crippen LogP contribution in [0, 0.1) is 5.82 Å². The van der Waals surface area contributed by atoms with Crippen LogP contribution in [-0.2, 0) is 11.3 Å². The summed E-state index contributed by atoms with van der Waals surface area (Å²) in [6.45, 7) is 6.15. The van der Waals surface area contributed by atoms with Gasteiger partial charge in [0.1, 0.15) is 5.82 Å². The Morgan fingerprint density at radius 1 is 1.38 bits per heavy atom. The molecule has 1 aromatic rings. The molecule has 1 N–H and O–H groups in total. The van der Waals surface area contributed by atoms with Gasteiger partial charge in [-0.25, -0.2) is 4.39 Å². The molecule has 1 rings (SSSR count). The van der Waals surface area contributed by atoms with E-state index in [4.69, 9.17) is 4.74 Å². The van der Waals surface area contributed by atoms with Crippen molar-refractivity contribution in [3.63, 3.8) is 0 Å². The van der Waals surface area contributed by atoms with Crippen LogP contribution < -0.4 is 5.32 Å². The fourth-order valence-electron chi connectivity index (χ4n) is 1.49. The van der Waals surface area contributed by atoms with Crippen molar-refractivity contribution in [2.45, 2.75) is 26.3 Å². The Kier molecular flexibility index (Phi) is 5.43. The molecule has 0 heterocycles. The van der Waals surface area contributed by atoms with Gasteiger partial charge in [0.15, 0.2) is 0 Å². The van der Waals surface area contributed by atoms with E-state index >= 15 is 0 Å². The number of hydrogen-bond acceptors (Lipinski definition) is 2. The van der Waals surface area contributed by atoms with E-state index in [1.165, 1.54) is 5.56 Å². The van der Waals surface area contributed by atoms with Gasteiger partial charge in [0, 0.05) is 25.8 Å². The van der Waals surface area contributed by atoms with E-state index in [-0.39, 0.29) is 5.82 Å². The largest absolute Gasteiger partial charge is 0.383 e. The van der Waals surface area contributed by atoms with Crippen LogP contribution in [0.3, 0.4) is 0 Å². The van der Waals surface area contributed by atoms with Gasteiger partial charge >= 0.3 is 0 Å². The first-order valence-corrected chi connectivity index (χ1v) is 5.63. The fraction of sp³-hybridized carbons (Fsp3) is 0.538. The molecule has 3 heteroatoms. The van der Waals surface area contributed by atoms with Crippen LogP contribution in [0.4, 0.5) is 4.39 Å². The molecular formula is C13H20FNO. The zero-order chi connectivity index (χ0) is 12.0. The minimum atomic E-state index is -0.144. The Bertz CT molecular complexity index is 326. The molecule has 0 bridgehead atoms. The summed E-state index contributed by atoms with van der Waals surface area (Å²) in [6.07, 6.45) is 0. The Labute approximate surface area is 96.8 Å². The average Bonchev–Trinajstić information content (AvgIpc) is 2.26. The Balaban J connectivity index is 2.60. The summed E-state index contributed by atoms with van der Waals surface area (Å²) < 4.78 is 18.4. The van der Waals surface area contributed by atoms with Crippen LogP contribution in [0.1, 0.15) is 30.9 Å². The second kappa shape index (κ2) is 6.61. The highest BCUT2D eigenvalue weighted by atomic mass is 19.1. The molecule has 0 saturated heterocycles. The van der Waals surface area contributed by atoms with Crippen molar-refractivity contribution < 1.29 is 9.13 Å². The van der Waals surface area contributed by atoms with E-state index in [1.54, 1.807) is 13.2 Å². The maximum absolute atomic E-state index is 13.5. The lowest BCUT2D eigenvalue weighted by Gasteiger charge is -2.10. The zero-order valence-electron chi connectivity index (χ0n) is 10.2. The van der Waals surface area contributed by atoms with Gasteiger partial charge in [-0.3, -0.25) is 0 Å². The maximum atomic E-state index is 13.5. The molecule has 0 fully saturated rings. The van der Waals surface area contributed by atoms with Crippen molar-refractivity contribution in [1.29, 1.82) is 0 Å². The Morgan fingerprint density at radius 2 is 2.12 bits per heavy atom. The quantitative estimate of drug-likeness (QED) is 0.752. The molecule has 1 aromatic carbocycles. The molecule has 0 aliphatic carbocycles. The van der Waals surface area contributed by atoms with Gasteiger partial charge in [-0.05, 0) is 17.5 Å². The highest BCUT2D eigenvalue weighted by molar-refractivity contribution is 5.27. The third kappa shape index (κ3) is 3.91. The van der Waals surface area contributed by atoms with Gasteiger partial charge in [-0.15, -0.1) is 0 Å². The van der Waals surface area contributed by atoms with Gasteiger partial charge in [0.05, 0.1) is 6.61 Å². The molecule has 16 heavy (non-hydrogen) atoms. The molecule has 0 radical (unpaired) electrons. The number of methoxy groups -OCH3 is 1. The van der Waals surface area contributed by atoms with E-state index in [2.05, 4.69) is 19.2 Å². The SMILES string of the molecule is COCCNCc1cc(C(C)C)ccc1F. The van der Waals surface area contributed by atoms with E-state index in [0.717, 1.165) is 12.1 Å². The van der Waals surface area contributed by atoms with Crippen LogP contribution in [0.2, 0.25) is 0 Å². The van der Waals surface area contributed by atoms with Crippen molar-refractivity contribution >= 4 is 0 Å². The van der Waals surface area contributed by atoms with Crippen LogP contribution in [0.5, 0.6) is 0 Å². The van der Waals surface area contributed by atoms with E-state index in [9.17, 15) is 4.39 Å². The first-order valence-electron chi connectivity index (χ1n) is 5.63. The molecule has 0 aromatic heterocycles. The smallest absolute Gasteiger partial charge is 0.127 e. The fourth-order valence-corrected chi connectivity index (χ4v) is 1.49. The Morgan fingerprint density at radius 3 is 2.75 bits per heavy atom. The number of nitrogens with one attached hydrogen (secondary N) is 1. The van der Waals surface area contributed by atoms with Crippen LogP contribution >= 0.6 is 0 Å². The van der Waals surface area contributed by atoms with E-state index in [1.807, 2.05) is 12.1 Å². The van der Waals surface area contributed by atoms with Gasteiger partial charge in [-0.2, -0.15) is 0 Å². The summed E-state index contributed by atoms with van der Waals surface area (Å²) >= 11 is 0. The second-order valence-electron chi connectivity index (χ2n) is 4.18. The first-order chi connectivity index (χ1) is 7.65. The molecule has 0 spiro atoms. The number of rotatable bonds is 6. The monoisotopic (exact) mass is 225 g/mol. The third-order valence-electron chi connectivity index (χ3n) is 2.53.